The molecule has 0 spiro atoms. The Bertz CT molecular complexity index is 1250. The van der Waals surface area contributed by atoms with Crippen molar-refractivity contribution < 1.29 is 24.5 Å². The van der Waals surface area contributed by atoms with Gasteiger partial charge in [-0.25, -0.2) is 9.78 Å². The van der Waals surface area contributed by atoms with Gasteiger partial charge >= 0.3 is 5.97 Å². The minimum Gasteiger partial charge on any atom is -0.493 e. The molecule has 0 radical (unpaired) electrons. The van der Waals surface area contributed by atoms with E-state index >= 15 is 0 Å². The average Bonchev–Trinajstić information content (AvgIpc) is 3.35. The Morgan fingerprint density at radius 2 is 1.79 bits per heavy atom. The number of carboxylic acid groups (broad SMARTS) is 1. The van der Waals surface area contributed by atoms with Crippen molar-refractivity contribution in [1.29, 1.82) is 0 Å². The molecule has 0 bridgehead atoms. The zero-order valence-electron chi connectivity index (χ0n) is 15.1. The number of aromatic nitrogens is 3. The highest BCUT2D eigenvalue weighted by molar-refractivity contribution is 5.90. The van der Waals surface area contributed by atoms with E-state index in [0.717, 1.165) is 45.3 Å². The van der Waals surface area contributed by atoms with Gasteiger partial charge in [-0.1, -0.05) is 30.3 Å². The van der Waals surface area contributed by atoms with Crippen LogP contribution in [0.3, 0.4) is 0 Å². The molecule has 0 atom stereocenters. The van der Waals surface area contributed by atoms with Crippen molar-refractivity contribution in [2.24, 2.45) is 0 Å². The lowest BCUT2D eigenvalue weighted by Gasteiger charge is -2.06. The number of aromatic hydroxyl groups is 1. The largest absolute Gasteiger partial charge is 0.493 e. The van der Waals surface area contributed by atoms with E-state index in [9.17, 15) is 9.90 Å². The van der Waals surface area contributed by atoms with Gasteiger partial charge in [-0.05, 0) is 35.2 Å². The van der Waals surface area contributed by atoms with Gasteiger partial charge in [0.25, 0.3) is 0 Å². The first-order valence-corrected chi connectivity index (χ1v) is 8.87. The number of hydrogen-bond acceptors (Lipinski definition) is 6. The van der Waals surface area contributed by atoms with E-state index in [4.69, 9.17) is 14.6 Å². The zero-order valence-corrected chi connectivity index (χ0v) is 15.1. The summed E-state index contributed by atoms with van der Waals surface area (Å²) in [5.41, 5.74) is 3.89. The van der Waals surface area contributed by atoms with E-state index in [1.807, 2.05) is 42.5 Å². The Balaban J connectivity index is 1.43. The Hall–Kier alpha value is -4.07. The van der Waals surface area contributed by atoms with Gasteiger partial charge in [0.05, 0.1) is 6.20 Å². The number of carbonyl (C=O) groups is 1. The molecule has 0 fully saturated rings. The molecule has 3 heterocycles. The molecule has 0 amide bonds. The molecular weight excluding hydrogens is 374 g/mol. The molecule has 2 aromatic heterocycles. The standard InChI is InChI=1S/C21H15N3O5/c25-20-16(21(26)27)9-22-19-15(10-23-24(19)20)14-4-1-12(2-5-14)7-13-3-6-17-18(8-13)29-11-28-17/h1-6,8-10,25H,7,11H2,(H,26,27). The molecule has 1 aliphatic heterocycles. The average molecular weight is 389 g/mol. The second kappa shape index (κ2) is 6.52. The first-order valence-electron chi connectivity index (χ1n) is 8.87. The first-order chi connectivity index (χ1) is 14.1. The number of fused-ring (bicyclic) bond motifs is 2. The summed E-state index contributed by atoms with van der Waals surface area (Å²) in [6, 6.07) is 13.8. The lowest BCUT2D eigenvalue weighted by molar-refractivity contribution is 0.0692. The van der Waals surface area contributed by atoms with Crippen molar-refractivity contribution in [2.45, 2.75) is 6.42 Å². The summed E-state index contributed by atoms with van der Waals surface area (Å²) < 4.78 is 11.9. The molecule has 2 aromatic carbocycles. The number of carboxylic acids is 1. The minimum atomic E-state index is -1.26. The van der Waals surface area contributed by atoms with Crippen LogP contribution in [0.5, 0.6) is 17.4 Å². The molecule has 8 nitrogen and oxygen atoms in total. The molecule has 5 rings (SSSR count). The second-order valence-corrected chi connectivity index (χ2v) is 6.66. The normalized spacial score (nSPS) is 12.4. The van der Waals surface area contributed by atoms with Crippen LogP contribution >= 0.6 is 0 Å². The number of nitrogens with zero attached hydrogens (tertiary/aromatic N) is 3. The van der Waals surface area contributed by atoms with Crippen LogP contribution in [-0.2, 0) is 6.42 Å². The number of hydrogen-bond donors (Lipinski definition) is 2. The molecule has 144 valence electrons. The molecule has 0 aliphatic carbocycles. The van der Waals surface area contributed by atoms with Gasteiger partial charge in [-0.2, -0.15) is 9.61 Å². The predicted molar refractivity (Wildman–Crippen MR) is 102 cm³/mol. The van der Waals surface area contributed by atoms with Crippen LogP contribution in [0.4, 0.5) is 0 Å². The highest BCUT2D eigenvalue weighted by Gasteiger charge is 2.18. The van der Waals surface area contributed by atoms with Crippen LogP contribution in [0, 0.1) is 0 Å². The molecule has 8 heteroatoms. The number of rotatable bonds is 4. The summed E-state index contributed by atoms with van der Waals surface area (Å²) in [5, 5.41) is 23.3. The Morgan fingerprint density at radius 3 is 2.59 bits per heavy atom. The van der Waals surface area contributed by atoms with Gasteiger partial charge in [-0.15, -0.1) is 0 Å². The van der Waals surface area contributed by atoms with E-state index in [0.29, 0.717) is 11.2 Å². The van der Waals surface area contributed by atoms with Crippen LogP contribution < -0.4 is 9.47 Å². The fraction of sp³-hybridized carbons (Fsp3) is 0.0952. The van der Waals surface area contributed by atoms with Gasteiger partial charge in [-0.3, -0.25) is 0 Å². The third-order valence-electron chi connectivity index (χ3n) is 4.84. The summed E-state index contributed by atoms with van der Waals surface area (Å²) >= 11 is 0. The Morgan fingerprint density at radius 1 is 1.03 bits per heavy atom. The predicted octanol–water partition coefficient (Wildman–Crippen LogP) is 3.12. The fourth-order valence-corrected chi connectivity index (χ4v) is 3.36. The minimum absolute atomic E-state index is 0.255. The summed E-state index contributed by atoms with van der Waals surface area (Å²) in [5.74, 6) is -0.189. The van der Waals surface area contributed by atoms with Crippen LogP contribution in [0.25, 0.3) is 16.8 Å². The van der Waals surface area contributed by atoms with Crippen LogP contribution in [0.1, 0.15) is 21.5 Å². The molecule has 0 saturated carbocycles. The zero-order chi connectivity index (χ0) is 20.0. The van der Waals surface area contributed by atoms with E-state index in [1.165, 1.54) is 0 Å². The molecule has 4 aromatic rings. The van der Waals surface area contributed by atoms with Crippen molar-refractivity contribution in [3.8, 4) is 28.5 Å². The third kappa shape index (κ3) is 2.91. The van der Waals surface area contributed by atoms with E-state index < -0.39 is 11.8 Å². The van der Waals surface area contributed by atoms with E-state index in [1.54, 1.807) is 6.20 Å². The van der Waals surface area contributed by atoms with Crippen LogP contribution in [0.2, 0.25) is 0 Å². The topological polar surface area (TPSA) is 106 Å². The maximum absolute atomic E-state index is 11.1. The lowest BCUT2D eigenvalue weighted by atomic mass is 10.0. The lowest BCUT2D eigenvalue weighted by Crippen LogP contribution is -2.03. The van der Waals surface area contributed by atoms with Crippen LogP contribution in [0.15, 0.2) is 54.9 Å². The molecular formula is C21H15N3O5. The van der Waals surface area contributed by atoms with Crippen molar-refractivity contribution >= 4 is 11.6 Å². The number of ether oxygens (including phenoxy) is 2. The summed E-state index contributed by atoms with van der Waals surface area (Å²) in [6.45, 7) is 0.255. The smallest absolute Gasteiger partial charge is 0.342 e. The SMILES string of the molecule is O=C(O)c1cnc2c(-c3ccc(Cc4ccc5c(c4)OCO5)cc3)cnn2c1O. The summed E-state index contributed by atoms with van der Waals surface area (Å²) in [6.07, 6.45) is 3.43. The van der Waals surface area contributed by atoms with Gasteiger partial charge in [0.1, 0.15) is 5.56 Å². The van der Waals surface area contributed by atoms with E-state index in [-0.39, 0.29) is 12.4 Å². The van der Waals surface area contributed by atoms with Crippen molar-refractivity contribution in [1.82, 2.24) is 14.6 Å². The van der Waals surface area contributed by atoms with E-state index in [2.05, 4.69) is 10.1 Å². The van der Waals surface area contributed by atoms with Crippen LogP contribution in [-0.4, -0.2) is 37.6 Å². The second-order valence-electron chi connectivity index (χ2n) is 6.66. The third-order valence-corrected chi connectivity index (χ3v) is 4.84. The van der Waals surface area contributed by atoms with Crippen molar-refractivity contribution in [3.63, 3.8) is 0 Å². The first kappa shape index (κ1) is 17.1. The van der Waals surface area contributed by atoms with Crippen molar-refractivity contribution in [2.75, 3.05) is 6.79 Å². The fourth-order valence-electron chi connectivity index (χ4n) is 3.36. The molecule has 1 aliphatic rings. The Labute approximate surface area is 164 Å². The van der Waals surface area contributed by atoms with Gasteiger partial charge in [0.2, 0.25) is 12.7 Å². The maximum Gasteiger partial charge on any atom is 0.342 e. The number of aromatic carboxylic acids is 1. The summed E-state index contributed by atoms with van der Waals surface area (Å²) in [7, 11) is 0. The van der Waals surface area contributed by atoms with Gasteiger partial charge in [0.15, 0.2) is 17.1 Å². The molecule has 2 N–H and O–H groups in total. The maximum atomic E-state index is 11.1. The number of benzene rings is 2. The van der Waals surface area contributed by atoms with Gasteiger partial charge in [0, 0.05) is 11.8 Å². The quantitative estimate of drug-likeness (QED) is 0.552. The molecule has 29 heavy (non-hydrogen) atoms. The van der Waals surface area contributed by atoms with Gasteiger partial charge < -0.3 is 19.7 Å². The highest BCUT2D eigenvalue weighted by atomic mass is 16.7. The Kier molecular flexibility index (Phi) is 3.83. The monoisotopic (exact) mass is 389 g/mol. The summed E-state index contributed by atoms with van der Waals surface area (Å²) in [4.78, 5) is 15.3. The highest BCUT2D eigenvalue weighted by Crippen LogP contribution is 2.33. The molecule has 0 unspecified atom stereocenters. The van der Waals surface area contributed by atoms with Crippen molar-refractivity contribution in [3.05, 3.63) is 71.5 Å². The molecule has 0 saturated heterocycles.